The first-order chi connectivity index (χ1) is 5.65. The number of esters is 1. The fraction of sp³-hybridized carbons (Fsp3) is 0.143. The number of nitrogens with two attached hydrogens (primary N) is 1. The number of nitrogen functional groups attached to an aromatic ring is 1. The molecule has 0 spiro atoms. The Kier molecular flexibility index (Phi) is 2.50. The molecule has 2 N–H and O–H groups in total. The predicted octanol–water partition coefficient (Wildman–Crippen LogP) is 1.10. The third-order valence-electron chi connectivity index (χ3n) is 1.31. The quantitative estimate of drug-likeness (QED) is 0.527. The Morgan fingerprint density at radius 2 is 2.42 bits per heavy atom. The number of hydrogen-bond donors (Lipinski definition) is 1. The highest BCUT2D eigenvalue weighted by Gasteiger charge is 2.10. The number of nitrogens with zero attached hydrogens (tertiary/aromatic N) is 1. The molecule has 64 valence electrons. The standard InChI is InChI=1S/C7H7ClN2O2/c1-12-7(11)4-2-6(8)10-3-5(4)9/h2-3H,9H2,1H3. The number of halogens is 1. The normalized spacial score (nSPS) is 9.50. The summed E-state index contributed by atoms with van der Waals surface area (Å²) < 4.78 is 4.47. The third kappa shape index (κ3) is 1.65. The van der Waals surface area contributed by atoms with Crippen LogP contribution < -0.4 is 5.73 Å². The molecule has 0 aliphatic heterocycles. The van der Waals surface area contributed by atoms with Crippen LogP contribution in [0.15, 0.2) is 12.3 Å². The third-order valence-corrected chi connectivity index (χ3v) is 1.51. The first-order valence-electron chi connectivity index (χ1n) is 3.14. The number of ether oxygens (including phenoxy) is 1. The fourth-order valence-corrected chi connectivity index (χ4v) is 0.885. The Morgan fingerprint density at radius 3 is 3.00 bits per heavy atom. The van der Waals surface area contributed by atoms with Crippen molar-refractivity contribution in [3.05, 3.63) is 23.0 Å². The molecular formula is C7H7ClN2O2. The van der Waals surface area contributed by atoms with E-state index in [9.17, 15) is 4.79 Å². The maximum absolute atomic E-state index is 11.0. The molecular weight excluding hydrogens is 180 g/mol. The van der Waals surface area contributed by atoms with Gasteiger partial charge in [0.05, 0.1) is 24.6 Å². The van der Waals surface area contributed by atoms with Gasteiger partial charge in [0.25, 0.3) is 0 Å². The van der Waals surface area contributed by atoms with Gasteiger partial charge in [-0.05, 0) is 6.07 Å². The van der Waals surface area contributed by atoms with Gasteiger partial charge in [-0.3, -0.25) is 0 Å². The van der Waals surface area contributed by atoms with Crippen molar-refractivity contribution in [3.8, 4) is 0 Å². The van der Waals surface area contributed by atoms with Gasteiger partial charge in [-0.1, -0.05) is 11.6 Å². The maximum Gasteiger partial charge on any atom is 0.340 e. The van der Waals surface area contributed by atoms with Crippen molar-refractivity contribution in [2.24, 2.45) is 0 Å². The molecule has 5 heteroatoms. The summed E-state index contributed by atoms with van der Waals surface area (Å²) in [7, 11) is 1.27. The number of aromatic nitrogens is 1. The summed E-state index contributed by atoms with van der Waals surface area (Å²) in [6.45, 7) is 0. The molecule has 1 heterocycles. The van der Waals surface area contributed by atoms with Gasteiger partial charge in [0, 0.05) is 0 Å². The van der Waals surface area contributed by atoms with E-state index in [2.05, 4.69) is 9.72 Å². The molecule has 0 bridgehead atoms. The minimum atomic E-state index is -0.517. The zero-order valence-electron chi connectivity index (χ0n) is 6.37. The Morgan fingerprint density at radius 1 is 1.75 bits per heavy atom. The summed E-state index contributed by atoms with van der Waals surface area (Å²) >= 11 is 5.54. The van der Waals surface area contributed by atoms with Crippen molar-refractivity contribution in [3.63, 3.8) is 0 Å². The van der Waals surface area contributed by atoms with Crippen LogP contribution in [0.4, 0.5) is 5.69 Å². The van der Waals surface area contributed by atoms with Gasteiger partial charge in [0.1, 0.15) is 5.15 Å². The van der Waals surface area contributed by atoms with Crippen molar-refractivity contribution in [1.29, 1.82) is 0 Å². The monoisotopic (exact) mass is 186 g/mol. The van der Waals surface area contributed by atoms with Gasteiger partial charge in [-0.25, -0.2) is 9.78 Å². The molecule has 12 heavy (non-hydrogen) atoms. The molecule has 0 aliphatic rings. The topological polar surface area (TPSA) is 65.2 Å². The minimum absolute atomic E-state index is 0.213. The van der Waals surface area contributed by atoms with E-state index in [1.54, 1.807) is 0 Å². The van der Waals surface area contributed by atoms with E-state index in [4.69, 9.17) is 17.3 Å². The molecule has 1 aromatic rings. The molecule has 0 atom stereocenters. The Hall–Kier alpha value is -1.29. The number of anilines is 1. The molecule has 0 saturated heterocycles. The van der Waals surface area contributed by atoms with Crippen LogP contribution in [0.25, 0.3) is 0 Å². The van der Waals surface area contributed by atoms with Crippen LogP contribution in [0, 0.1) is 0 Å². The van der Waals surface area contributed by atoms with Crippen molar-refractivity contribution in [1.82, 2.24) is 4.98 Å². The molecule has 0 aromatic carbocycles. The van der Waals surface area contributed by atoms with Crippen LogP contribution in [0.5, 0.6) is 0 Å². The van der Waals surface area contributed by atoms with Crippen LogP contribution in [-0.4, -0.2) is 18.1 Å². The largest absolute Gasteiger partial charge is 0.465 e. The summed E-state index contributed by atoms with van der Waals surface area (Å²) in [6.07, 6.45) is 1.31. The fourth-order valence-electron chi connectivity index (χ4n) is 0.727. The first kappa shape index (κ1) is 8.80. The van der Waals surface area contributed by atoms with Crippen LogP contribution >= 0.6 is 11.6 Å². The molecule has 1 aromatic heterocycles. The lowest BCUT2D eigenvalue weighted by Crippen LogP contribution is -2.05. The van der Waals surface area contributed by atoms with Crippen LogP contribution in [0.1, 0.15) is 10.4 Å². The first-order valence-corrected chi connectivity index (χ1v) is 3.52. The minimum Gasteiger partial charge on any atom is -0.465 e. The highest BCUT2D eigenvalue weighted by molar-refractivity contribution is 6.29. The smallest absolute Gasteiger partial charge is 0.340 e. The number of carbonyl (C=O) groups is 1. The summed E-state index contributed by atoms with van der Waals surface area (Å²) in [5.41, 5.74) is 5.93. The summed E-state index contributed by atoms with van der Waals surface area (Å²) in [6, 6.07) is 1.36. The number of carbonyl (C=O) groups excluding carboxylic acids is 1. The van der Waals surface area contributed by atoms with E-state index in [1.807, 2.05) is 0 Å². The van der Waals surface area contributed by atoms with Gasteiger partial charge in [0.15, 0.2) is 0 Å². The van der Waals surface area contributed by atoms with Gasteiger partial charge in [0.2, 0.25) is 0 Å². The van der Waals surface area contributed by atoms with Crippen LogP contribution in [0.3, 0.4) is 0 Å². The molecule has 4 nitrogen and oxygen atoms in total. The van der Waals surface area contributed by atoms with E-state index in [1.165, 1.54) is 19.4 Å². The van der Waals surface area contributed by atoms with E-state index in [0.717, 1.165) is 0 Å². The van der Waals surface area contributed by atoms with E-state index < -0.39 is 5.97 Å². The molecule has 0 saturated carbocycles. The lowest BCUT2D eigenvalue weighted by Gasteiger charge is -2.01. The summed E-state index contributed by atoms with van der Waals surface area (Å²) in [4.78, 5) is 14.7. The summed E-state index contributed by atoms with van der Waals surface area (Å²) in [5.74, 6) is -0.517. The second-order valence-electron chi connectivity index (χ2n) is 2.09. The van der Waals surface area contributed by atoms with Crippen molar-refractivity contribution < 1.29 is 9.53 Å². The lowest BCUT2D eigenvalue weighted by atomic mass is 10.2. The number of hydrogen-bond acceptors (Lipinski definition) is 4. The Bertz CT molecular complexity index is 314. The number of rotatable bonds is 1. The predicted molar refractivity (Wildman–Crippen MR) is 45.0 cm³/mol. The molecule has 0 unspecified atom stereocenters. The lowest BCUT2D eigenvalue weighted by molar-refractivity contribution is 0.0602. The van der Waals surface area contributed by atoms with Gasteiger partial charge >= 0.3 is 5.97 Å². The number of methoxy groups -OCH3 is 1. The van der Waals surface area contributed by atoms with Gasteiger partial charge < -0.3 is 10.5 Å². The van der Waals surface area contributed by atoms with Crippen molar-refractivity contribution in [2.45, 2.75) is 0 Å². The van der Waals surface area contributed by atoms with Gasteiger partial charge in [-0.15, -0.1) is 0 Å². The molecule has 0 fully saturated rings. The molecule has 0 aliphatic carbocycles. The van der Waals surface area contributed by atoms with E-state index >= 15 is 0 Å². The SMILES string of the molecule is COC(=O)c1cc(Cl)ncc1N. The highest BCUT2D eigenvalue weighted by Crippen LogP contribution is 2.15. The molecule has 0 amide bonds. The molecule has 0 radical (unpaired) electrons. The van der Waals surface area contributed by atoms with Crippen molar-refractivity contribution >= 4 is 23.3 Å². The zero-order chi connectivity index (χ0) is 9.14. The van der Waals surface area contributed by atoms with Gasteiger partial charge in [-0.2, -0.15) is 0 Å². The van der Waals surface area contributed by atoms with Crippen molar-refractivity contribution in [2.75, 3.05) is 12.8 Å². The Balaban J connectivity index is 3.13. The summed E-state index contributed by atoms with van der Waals surface area (Å²) in [5, 5.41) is 0.213. The van der Waals surface area contributed by atoms with E-state index in [0.29, 0.717) is 0 Å². The second-order valence-corrected chi connectivity index (χ2v) is 2.47. The van der Waals surface area contributed by atoms with E-state index in [-0.39, 0.29) is 16.4 Å². The average molecular weight is 187 g/mol. The highest BCUT2D eigenvalue weighted by atomic mass is 35.5. The molecule has 1 rings (SSSR count). The maximum atomic E-state index is 11.0. The van der Waals surface area contributed by atoms with Crippen LogP contribution in [0.2, 0.25) is 5.15 Å². The van der Waals surface area contributed by atoms with Crippen LogP contribution in [-0.2, 0) is 4.74 Å². The zero-order valence-corrected chi connectivity index (χ0v) is 7.13. The number of pyridine rings is 1. The Labute approximate surface area is 74.3 Å². The average Bonchev–Trinajstić information content (AvgIpc) is 2.08. The second kappa shape index (κ2) is 3.40.